The van der Waals surface area contributed by atoms with E-state index in [0.29, 0.717) is 11.8 Å². The predicted molar refractivity (Wildman–Crippen MR) is 109 cm³/mol. The van der Waals surface area contributed by atoms with Gasteiger partial charge >= 0.3 is 6.03 Å². The third kappa shape index (κ3) is 3.64. The molecule has 0 radical (unpaired) electrons. The largest absolute Gasteiger partial charge is 0.371 e. The van der Waals surface area contributed by atoms with Gasteiger partial charge in [-0.3, -0.25) is 4.90 Å². The van der Waals surface area contributed by atoms with E-state index in [-0.39, 0.29) is 11.8 Å². The number of hydrogen-bond donors (Lipinski definition) is 0. The fourth-order valence-electron chi connectivity index (χ4n) is 5.20. The Morgan fingerprint density at radius 1 is 1.14 bits per heavy atom. The van der Waals surface area contributed by atoms with Crippen molar-refractivity contribution in [1.29, 1.82) is 0 Å². The van der Waals surface area contributed by atoms with E-state index in [1.54, 1.807) is 24.5 Å². The Bertz CT molecular complexity index is 892. The number of carbonyl (C=O) groups is 1. The topological polar surface area (TPSA) is 44.6 Å². The zero-order chi connectivity index (χ0) is 20.0. The minimum absolute atomic E-state index is 0.0195. The summed E-state index contributed by atoms with van der Waals surface area (Å²) in [6.45, 7) is 8.40. The minimum atomic E-state index is -0.156. The van der Waals surface area contributed by atoms with Crippen LogP contribution in [-0.2, 0) is 6.54 Å². The molecule has 0 bridgehead atoms. The molecule has 0 N–H and O–H groups in total. The third-order valence-corrected chi connectivity index (χ3v) is 6.63. The van der Waals surface area contributed by atoms with E-state index in [1.165, 1.54) is 23.1 Å². The summed E-state index contributed by atoms with van der Waals surface area (Å²) in [5.41, 5.74) is 3.27. The van der Waals surface area contributed by atoms with Crippen molar-refractivity contribution < 1.29 is 9.18 Å². The monoisotopic (exact) mass is 397 g/mol. The fourth-order valence-corrected chi connectivity index (χ4v) is 5.20. The van der Waals surface area contributed by atoms with Crippen molar-refractivity contribution in [2.75, 3.05) is 44.2 Å². The molecule has 0 spiro atoms. The molecule has 1 aromatic heterocycles. The molecule has 0 aliphatic carbocycles. The predicted octanol–water partition coefficient (Wildman–Crippen LogP) is 2.96. The molecular weight excluding hydrogens is 369 g/mol. The van der Waals surface area contributed by atoms with Gasteiger partial charge < -0.3 is 9.80 Å². The smallest absolute Gasteiger partial charge is 0.344 e. The Kier molecular flexibility index (Phi) is 4.78. The molecule has 2 aromatic rings. The lowest BCUT2D eigenvalue weighted by Crippen LogP contribution is -2.36. The molecule has 2 atom stereocenters. The Balaban J connectivity index is 1.23. The van der Waals surface area contributed by atoms with Crippen LogP contribution < -0.4 is 4.90 Å². The zero-order valence-corrected chi connectivity index (χ0v) is 16.9. The third-order valence-electron chi connectivity index (χ3n) is 6.63. The first-order valence-electron chi connectivity index (χ1n) is 10.6. The molecule has 1 amide bonds. The van der Waals surface area contributed by atoms with Crippen molar-refractivity contribution in [2.45, 2.75) is 26.3 Å². The molecule has 2 unspecified atom stereocenters. The number of nitrogens with zero attached hydrogens (tertiary/aromatic N) is 5. The van der Waals surface area contributed by atoms with Crippen LogP contribution in [0.5, 0.6) is 0 Å². The van der Waals surface area contributed by atoms with Crippen molar-refractivity contribution in [3.63, 3.8) is 0 Å². The summed E-state index contributed by atoms with van der Waals surface area (Å²) in [5.74, 6) is 0.856. The number of rotatable bonds is 3. The fraction of sp³-hybridized carbons (Fsp3) is 0.545. The average molecular weight is 397 g/mol. The molecular formula is C22H28FN5O. The Labute approximate surface area is 170 Å². The Hall–Kier alpha value is -2.41. The Morgan fingerprint density at radius 2 is 1.86 bits per heavy atom. The number of aromatic nitrogens is 2. The van der Waals surface area contributed by atoms with Crippen LogP contribution >= 0.6 is 0 Å². The lowest BCUT2D eigenvalue weighted by atomic mass is 10.0. The maximum absolute atomic E-state index is 13.9. The number of hydrogen-bond acceptors (Lipinski definition) is 4. The van der Waals surface area contributed by atoms with Crippen molar-refractivity contribution in [3.8, 4) is 0 Å². The summed E-state index contributed by atoms with van der Waals surface area (Å²) >= 11 is 0. The highest BCUT2D eigenvalue weighted by atomic mass is 19.1. The molecule has 0 saturated carbocycles. The van der Waals surface area contributed by atoms with Gasteiger partial charge in [0, 0.05) is 57.7 Å². The van der Waals surface area contributed by atoms with Crippen molar-refractivity contribution in [1.82, 2.24) is 19.6 Å². The van der Waals surface area contributed by atoms with Crippen LogP contribution in [0.15, 0.2) is 30.6 Å². The molecule has 6 nitrogen and oxygen atoms in total. The summed E-state index contributed by atoms with van der Waals surface area (Å²) in [4.78, 5) is 19.4. The second-order valence-corrected chi connectivity index (χ2v) is 8.83. The molecule has 1 aromatic carbocycles. The van der Waals surface area contributed by atoms with Crippen LogP contribution in [0.3, 0.4) is 0 Å². The van der Waals surface area contributed by atoms with Gasteiger partial charge in [-0.2, -0.15) is 9.78 Å². The van der Waals surface area contributed by atoms with Crippen LogP contribution in [0.25, 0.3) is 0 Å². The molecule has 154 valence electrons. The number of aryl methyl sites for hydroxylation is 1. The molecule has 29 heavy (non-hydrogen) atoms. The number of fused-ring (bicyclic) bond motifs is 1. The molecule has 7 heteroatoms. The maximum Gasteiger partial charge on any atom is 0.344 e. The van der Waals surface area contributed by atoms with E-state index in [9.17, 15) is 9.18 Å². The van der Waals surface area contributed by atoms with Crippen LogP contribution in [-0.4, -0.2) is 64.9 Å². The van der Waals surface area contributed by atoms with E-state index < -0.39 is 0 Å². The van der Waals surface area contributed by atoms with Crippen LogP contribution in [0.2, 0.25) is 0 Å². The minimum Gasteiger partial charge on any atom is -0.371 e. The summed E-state index contributed by atoms with van der Waals surface area (Å²) in [6.07, 6.45) is 5.88. The van der Waals surface area contributed by atoms with Crippen molar-refractivity contribution in [2.24, 2.45) is 11.8 Å². The first kappa shape index (κ1) is 18.6. The first-order valence-corrected chi connectivity index (χ1v) is 10.6. The molecule has 3 saturated heterocycles. The second kappa shape index (κ2) is 7.44. The van der Waals surface area contributed by atoms with Gasteiger partial charge in [0.05, 0.1) is 6.20 Å². The van der Waals surface area contributed by atoms with Crippen molar-refractivity contribution >= 4 is 11.7 Å². The van der Waals surface area contributed by atoms with Crippen molar-refractivity contribution in [3.05, 3.63) is 47.5 Å². The van der Waals surface area contributed by atoms with Gasteiger partial charge in [-0.05, 0) is 54.9 Å². The van der Waals surface area contributed by atoms with E-state index in [0.717, 1.165) is 57.1 Å². The highest BCUT2D eigenvalue weighted by molar-refractivity contribution is 5.76. The number of carbonyl (C=O) groups excluding carboxylic acids is 1. The molecule has 5 rings (SSSR count). The summed E-state index contributed by atoms with van der Waals surface area (Å²) < 4.78 is 15.3. The highest BCUT2D eigenvalue weighted by Crippen LogP contribution is 2.34. The normalized spacial score (nSPS) is 24.5. The zero-order valence-electron chi connectivity index (χ0n) is 16.9. The standard InChI is InChI=1S/C22H28FN5O/c1-16-9-24-28(10-16)22(29)27-14-18-12-25(13-19(18)15-27)11-17-4-5-20(23)8-21(17)26-6-2-3-7-26/h4-5,8-10,18-19H,2-3,6-7,11-15H2,1H3. The maximum atomic E-state index is 13.9. The number of benzene rings is 1. The van der Waals surface area contributed by atoms with E-state index in [4.69, 9.17) is 0 Å². The molecule has 3 aliphatic rings. The lowest BCUT2D eigenvalue weighted by molar-refractivity contribution is 0.197. The van der Waals surface area contributed by atoms with Gasteiger partial charge in [-0.25, -0.2) is 9.18 Å². The molecule has 3 aliphatic heterocycles. The Morgan fingerprint density at radius 3 is 2.52 bits per heavy atom. The highest BCUT2D eigenvalue weighted by Gasteiger charge is 2.42. The summed E-state index contributed by atoms with van der Waals surface area (Å²) in [6, 6.07) is 5.21. The lowest BCUT2D eigenvalue weighted by Gasteiger charge is -2.25. The van der Waals surface area contributed by atoms with Gasteiger partial charge in [0.2, 0.25) is 0 Å². The molecule has 3 fully saturated rings. The van der Waals surface area contributed by atoms with E-state index >= 15 is 0 Å². The molecule has 4 heterocycles. The van der Waals surface area contributed by atoms with E-state index in [1.807, 2.05) is 17.9 Å². The number of amides is 1. The second-order valence-electron chi connectivity index (χ2n) is 8.83. The van der Waals surface area contributed by atoms with Crippen LogP contribution in [0, 0.1) is 24.6 Å². The SMILES string of the molecule is Cc1cnn(C(=O)N2CC3CN(Cc4ccc(F)cc4N4CCCC4)CC3C2)c1. The van der Waals surface area contributed by atoms with Gasteiger partial charge in [-0.15, -0.1) is 0 Å². The van der Waals surface area contributed by atoms with Gasteiger partial charge in [0.15, 0.2) is 0 Å². The van der Waals surface area contributed by atoms with E-state index in [2.05, 4.69) is 14.9 Å². The van der Waals surface area contributed by atoms with Crippen LogP contribution in [0.1, 0.15) is 24.0 Å². The van der Waals surface area contributed by atoms with Gasteiger partial charge in [0.1, 0.15) is 5.82 Å². The quantitative estimate of drug-likeness (QED) is 0.799. The summed E-state index contributed by atoms with van der Waals surface area (Å²) in [5, 5.41) is 4.16. The number of likely N-dealkylation sites (tertiary alicyclic amines) is 2. The first-order chi connectivity index (χ1) is 14.1. The number of halogens is 1. The number of anilines is 1. The average Bonchev–Trinajstić information content (AvgIpc) is 3.46. The van der Waals surface area contributed by atoms with Gasteiger partial charge in [0.25, 0.3) is 0 Å². The van der Waals surface area contributed by atoms with Gasteiger partial charge in [-0.1, -0.05) is 6.07 Å². The van der Waals surface area contributed by atoms with Crippen LogP contribution in [0.4, 0.5) is 14.9 Å². The summed E-state index contributed by atoms with van der Waals surface area (Å²) in [7, 11) is 0.